The first-order chi connectivity index (χ1) is 18.4. The minimum atomic E-state index is -0.848. The van der Waals surface area contributed by atoms with Gasteiger partial charge in [-0.05, 0) is 43.9 Å². The zero-order valence-electron chi connectivity index (χ0n) is 21.0. The summed E-state index contributed by atoms with van der Waals surface area (Å²) < 4.78 is 5.45. The molecule has 4 amide bonds. The van der Waals surface area contributed by atoms with Gasteiger partial charge in [0.2, 0.25) is 17.7 Å². The molecule has 4 rings (SSSR count). The van der Waals surface area contributed by atoms with Gasteiger partial charge in [-0.25, -0.2) is 4.98 Å². The normalized spacial score (nSPS) is 21.1. The van der Waals surface area contributed by atoms with Crippen molar-refractivity contribution in [3.8, 4) is 0 Å². The van der Waals surface area contributed by atoms with E-state index in [0.717, 1.165) is 5.56 Å². The molecule has 0 aliphatic carbocycles. The Morgan fingerprint density at radius 3 is 2.58 bits per heavy atom. The molecule has 2 aromatic heterocycles. The number of nitrogens with one attached hydrogen (secondary N) is 4. The van der Waals surface area contributed by atoms with Gasteiger partial charge in [-0.15, -0.1) is 0 Å². The number of aromatic nitrogens is 2. The number of hydrogen-bond donors (Lipinski definition) is 4. The number of rotatable bonds is 4. The maximum Gasteiger partial charge on any atom is 0.273 e. The number of nitrogens with zero attached hydrogens (tertiary/aromatic N) is 2. The Hall–Kier alpha value is -4.54. The molecule has 0 radical (unpaired) electrons. The monoisotopic (exact) mass is 518 g/mol. The van der Waals surface area contributed by atoms with E-state index in [-0.39, 0.29) is 23.2 Å². The quantitative estimate of drug-likeness (QED) is 0.410. The molecular formula is C27H30N6O5. The Morgan fingerprint density at radius 1 is 1.03 bits per heavy atom. The van der Waals surface area contributed by atoms with Crippen molar-refractivity contribution in [2.75, 3.05) is 6.54 Å². The molecule has 1 aromatic carbocycles. The molecule has 198 valence electrons. The number of carbonyl (C=O) groups is 4. The molecule has 0 unspecified atom stereocenters. The van der Waals surface area contributed by atoms with Crippen LogP contribution in [0, 0.1) is 0 Å². The molecule has 4 N–H and O–H groups in total. The van der Waals surface area contributed by atoms with Crippen molar-refractivity contribution in [2.24, 2.45) is 0 Å². The predicted molar refractivity (Wildman–Crippen MR) is 137 cm³/mol. The van der Waals surface area contributed by atoms with E-state index in [1.807, 2.05) is 30.3 Å². The van der Waals surface area contributed by atoms with Crippen molar-refractivity contribution >= 4 is 23.6 Å². The smallest absolute Gasteiger partial charge is 0.273 e. The van der Waals surface area contributed by atoms with Gasteiger partial charge >= 0.3 is 0 Å². The Bertz CT molecular complexity index is 1260. The fraction of sp³-hybridized carbons (Fsp3) is 0.333. The largest absolute Gasteiger partial charge is 0.446 e. The van der Waals surface area contributed by atoms with Crippen molar-refractivity contribution < 1.29 is 23.6 Å². The van der Waals surface area contributed by atoms with Crippen LogP contribution >= 0.6 is 0 Å². The van der Waals surface area contributed by atoms with Crippen LogP contribution in [0.3, 0.4) is 0 Å². The van der Waals surface area contributed by atoms with E-state index in [9.17, 15) is 19.2 Å². The Morgan fingerprint density at radius 2 is 1.82 bits per heavy atom. The molecule has 2 bridgehead atoms. The van der Waals surface area contributed by atoms with Crippen LogP contribution in [0.2, 0.25) is 0 Å². The lowest BCUT2D eigenvalue weighted by Gasteiger charge is -2.21. The molecule has 3 atom stereocenters. The molecule has 3 heterocycles. The molecule has 0 fully saturated rings. The van der Waals surface area contributed by atoms with Crippen LogP contribution in [0.15, 0.2) is 65.4 Å². The maximum atomic E-state index is 13.1. The zero-order chi connectivity index (χ0) is 26.9. The van der Waals surface area contributed by atoms with Crippen molar-refractivity contribution in [3.05, 3.63) is 83.8 Å². The molecule has 11 nitrogen and oxygen atoms in total. The van der Waals surface area contributed by atoms with E-state index >= 15 is 0 Å². The lowest BCUT2D eigenvalue weighted by Crippen LogP contribution is -2.49. The van der Waals surface area contributed by atoms with E-state index in [4.69, 9.17) is 4.42 Å². The zero-order valence-corrected chi connectivity index (χ0v) is 21.0. The second kappa shape index (κ2) is 12.6. The average molecular weight is 519 g/mol. The third-order valence-electron chi connectivity index (χ3n) is 6.13. The first-order valence-electron chi connectivity index (χ1n) is 12.5. The van der Waals surface area contributed by atoms with Crippen LogP contribution in [0.4, 0.5) is 0 Å². The van der Waals surface area contributed by atoms with Gasteiger partial charge in [0.25, 0.3) is 11.8 Å². The van der Waals surface area contributed by atoms with Crippen molar-refractivity contribution in [3.63, 3.8) is 0 Å². The van der Waals surface area contributed by atoms with Gasteiger partial charge in [0, 0.05) is 19.2 Å². The Labute approximate surface area is 219 Å². The number of fused-ring (bicyclic) bond motifs is 2. The Balaban J connectivity index is 1.52. The fourth-order valence-electron chi connectivity index (χ4n) is 4.06. The van der Waals surface area contributed by atoms with E-state index < -0.39 is 35.8 Å². The number of pyridine rings is 1. The summed E-state index contributed by atoms with van der Waals surface area (Å²) in [6.07, 6.45) is 4.44. The number of carbonyl (C=O) groups excluding carboxylic acids is 4. The van der Waals surface area contributed by atoms with Gasteiger partial charge in [-0.2, -0.15) is 0 Å². The van der Waals surface area contributed by atoms with Crippen LogP contribution in [-0.2, 0) is 16.0 Å². The number of amides is 4. The topological polar surface area (TPSA) is 155 Å². The van der Waals surface area contributed by atoms with Crippen LogP contribution in [0.25, 0.3) is 0 Å². The molecule has 0 saturated heterocycles. The predicted octanol–water partition coefficient (Wildman–Crippen LogP) is 1.69. The van der Waals surface area contributed by atoms with Gasteiger partial charge in [0.15, 0.2) is 5.69 Å². The number of benzene rings is 1. The van der Waals surface area contributed by atoms with E-state index in [1.54, 1.807) is 25.1 Å². The summed E-state index contributed by atoms with van der Waals surface area (Å²) in [7, 11) is 0. The summed E-state index contributed by atoms with van der Waals surface area (Å²) in [5, 5.41) is 11.1. The fourth-order valence-corrected chi connectivity index (χ4v) is 4.06. The van der Waals surface area contributed by atoms with Crippen LogP contribution in [0.5, 0.6) is 0 Å². The number of oxazole rings is 1. The van der Waals surface area contributed by atoms with E-state index in [1.165, 1.54) is 12.5 Å². The first kappa shape index (κ1) is 26.5. The van der Waals surface area contributed by atoms with Gasteiger partial charge in [0.05, 0.1) is 0 Å². The maximum absolute atomic E-state index is 13.1. The average Bonchev–Trinajstić information content (AvgIpc) is 3.43. The van der Waals surface area contributed by atoms with Gasteiger partial charge in [0.1, 0.15) is 30.1 Å². The second-order valence-electron chi connectivity index (χ2n) is 9.04. The lowest BCUT2D eigenvalue weighted by molar-refractivity contribution is -0.124. The molecule has 1 aliphatic rings. The summed E-state index contributed by atoms with van der Waals surface area (Å²) in [6, 6.07) is 12.0. The third kappa shape index (κ3) is 7.02. The standard InChI is InChI=1S/C27H30N6O5/c1-17-27-33-22(16-38-27)26(37)32-21(15-18-9-3-2-4-10-18)23(34)29-14-8-6-12-20(25(36)30-17)31-24(35)19-11-5-7-13-28-19/h2-5,7,9-11,13,16-17,20-21H,6,8,12,14-15H2,1H3,(H,29,34)(H,30,36)(H,31,35)(H,32,37)/t17-,20-,21-/m0/s1. The summed E-state index contributed by atoms with van der Waals surface area (Å²) in [4.78, 5) is 59.9. The summed E-state index contributed by atoms with van der Waals surface area (Å²) >= 11 is 0. The Kier molecular flexibility index (Phi) is 8.81. The molecule has 38 heavy (non-hydrogen) atoms. The molecule has 3 aromatic rings. The minimum Gasteiger partial charge on any atom is -0.446 e. The summed E-state index contributed by atoms with van der Waals surface area (Å²) in [5.41, 5.74) is 1.07. The number of hydrogen-bond acceptors (Lipinski definition) is 7. The molecule has 1 aliphatic heterocycles. The first-order valence-corrected chi connectivity index (χ1v) is 12.5. The van der Waals surface area contributed by atoms with Crippen LogP contribution in [-0.4, -0.2) is 52.2 Å². The summed E-state index contributed by atoms with van der Waals surface area (Å²) in [6.45, 7) is 2.00. The highest BCUT2D eigenvalue weighted by atomic mass is 16.3. The van der Waals surface area contributed by atoms with Crippen molar-refractivity contribution in [2.45, 2.75) is 50.7 Å². The van der Waals surface area contributed by atoms with Crippen molar-refractivity contribution in [1.82, 2.24) is 31.2 Å². The molecular weight excluding hydrogens is 488 g/mol. The highest BCUT2D eigenvalue weighted by Crippen LogP contribution is 2.14. The van der Waals surface area contributed by atoms with Crippen molar-refractivity contribution in [1.29, 1.82) is 0 Å². The van der Waals surface area contributed by atoms with Gasteiger partial charge in [-0.3, -0.25) is 24.2 Å². The third-order valence-corrected chi connectivity index (χ3v) is 6.13. The summed E-state index contributed by atoms with van der Waals surface area (Å²) in [5.74, 6) is -1.68. The highest BCUT2D eigenvalue weighted by Gasteiger charge is 2.27. The van der Waals surface area contributed by atoms with E-state index in [0.29, 0.717) is 32.2 Å². The molecule has 11 heteroatoms. The van der Waals surface area contributed by atoms with E-state index in [2.05, 4.69) is 31.2 Å². The SMILES string of the molecule is C[C@@H]1NC(=O)[C@@H](NC(=O)c2ccccn2)CCCCNC(=O)[C@H](Cc2ccccc2)NC(=O)c2coc1n2. The molecule has 0 spiro atoms. The van der Waals surface area contributed by atoms with Crippen LogP contribution in [0.1, 0.15) is 64.7 Å². The van der Waals surface area contributed by atoms with Crippen LogP contribution < -0.4 is 21.3 Å². The van der Waals surface area contributed by atoms with Gasteiger partial charge in [-0.1, -0.05) is 36.4 Å². The van der Waals surface area contributed by atoms with Gasteiger partial charge < -0.3 is 25.7 Å². The lowest BCUT2D eigenvalue weighted by atomic mass is 10.0. The minimum absolute atomic E-state index is 0.0148. The second-order valence-corrected chi connectivity index (χ2v) is 9.04. The highest BCUT2D eigenvalue weighted by molar-refractivity contribution is 5.97. The molecule has 0 saturated carbocycles.